The van der Waals surface area contributed by atoms with E-state index in [1.165, 1.54) is 30.3 Å². The molecule has 8 heteroatoms. The van der Waals surface area contributed by atoms with Gasteiger partial charge in [-0.2, -0.15) is 8.78 Å². The van der Waals surface area contributed by atoms with Gasteiger partial charge in [0.25, 0.3) is 10.0 Å². The summed E-state index contributed by atoms with van der Waals surface area (Å²) in [7, 11) is -3.83. The smallest absolute Gasteiger partial charge is 0.387 e. The highest BCUT2D eigenvalue weighted by Gasteiger charge is 2.17. The highest BCUT2D eigenvalue weighted by Crippen LogP contribution is 2.25. The molecule has 2 aromatic rings. The van der Waals surface area contributed by atoms with E-state index in [0.717, 1.165) is 0 Å². The maximum Gasteiger partial charge on any atom is 0.387 e. The van der Waals surface area contributed by atoms with Gasteiger partial charge in [0.2, 0.25) is 0 Å². The summed E-state index contributed by atoms with van der Waals surface area (Å²) < 4.78 is 55.7. The summed E-state index contributed by atoms with van der Waals surface area (Å²) in [5, 5.41) is 0. The van der Waals surface area contributed by atoms with Crippen LogP contribution in [-0.4, -0.2) is 15.0 Å². The number of anilines is 1. The largest absolute Gasteiger partial charge is 0.435 e. The molecule has 0 saturated carbocycles. The number of hydrogen-bond donors (Lipinski definition) is 1. The van der Waals surface area contributed by atoms with Gasteiger partial charge >= 0.3 is 6.61 Å². The Kier molecular flexibility index (Phi) is 4.79. The summed E-state index contributed by atoms with van der Waals surface area (Å²) in [4.78, 5) is 0.0465. The zero-order chi connectivity index (χ0) is 15.5. The molecule has 0 heterocycles. The fraction of sp³-hybridized carbons (Fsp3) is 0.0769. The van der Waals surface area contributed by atoms with E-state index in [9.17, 15) is 17.2 Å². The summed E-state index contributed by atoms with van der Waals surface area (Å²) >= 11 is 3.15. The second-order valence-corrected chi connectivity index (χ2v) is 6.45. The van der Waals surface area contributed by atoms with Crippen molar-refractivity contribution in [2.45, 2.75) is 11.5 Å². The van der Waals surface area contributed by atoms with Crippen LogP contribution in [0.4, 0.5) is 14.5 Å². The van der Waals surface area contributed by atoms with E-state index in [2.05, 4.69) is 25.4 Å². The maximum atomic E-state index is 12.2. The van der Waals surface area contributed by atoms with Gasteiger partial charge in [-0.1, -0.05) is 18.2 Å². The highest BCUT2D eigenvalue weighted by molar-refractivity contribution is 9.10. The zero-order valence-electron chi connectivity index (χ0n) is 10.5. The second-order valence-electron chi connectivity index (χ2n) is 3.94. The van der Waals surface area contributed by atoms with Gasteiger partial charge in [-0.15, -0.1) is 0 Å². The normalized spacial score (nSPS) is 11.4. The van der Waals surface area contributed by atoms with Gasteiger partial charge in [0.1, 0.15) is 10.6 Å². The molecule has 0 aliphatic heterocycles. The molecule has 0 fully saturated rings. The fourth-order valence-electron chi connectivity index (χ4n) is 1.61. The Bertz CT molecular complexity index is 738. The minimum absolute atomic E-state index is 0.0465. The molecule has 0 bridgehead atoms. The van der Waals surface area contributed by atoms with Crippen LogP contribution < -0.4 is 9.46 Å². The minimum atomic E-state index is -3.83. The Morgan fingerprint density at radius 2 is 1.81 bits per heavy atom. The molecule has 4 nitrogen and oxygen atoms in total. The molecule has 0 radical (unpaired) electrons. The number of rotatable bonds is 5. The Balaban J connectivity index is 2.27. The lowest BCUT2D eigenvalue weighted by Gasteiger charge is -2.11. The minimum Gasteiger partial charge on any atom is -0.435 e. The van der Waals surface area contributed by atoms with Crippen LogP contribution >= 0.6 is 15.9 Å². The van der Waals surface area contributed by atoms with Gasteiger partial charge in [-0.05, 0) is 40.2 Å². The third-order valence-corrected chi connectivity index (χ3v) is 4.83. The SMILES string of the molecule is O=S(=O)(Nc1cccc(OC(F)F)c1)c1ccccc1Br. The monoisotopic (exact) mass is 377 g/mol. The van der Waals surface area contributed by atoms with Crippen LogP contribution in [0.3, 0.4) is 0 Å². The van der Waals surface area contributed by atoms with E-state index in [4.69, 9.17) is 0 Å². The van der Waals surface area contributed by atoms with E-state index < -0.39 is 16.6 Å². The molecule has 0 atom stereocenters. The lowest BCUT2D eigenvalue weighted by atomic mass is 10.3. The van der Waals surface area contributed by atoms with Crippen molar-refractivity contribution in [1.82, 2.24) is 0 Å². The van der Waals surface area contributed by atoms with Gasteiger partial charge in [0.15, 0.2) is 0 Å². The second kappa shape index (κ2) is 6.40. The first-order chi connectivity index (χ1) is 9.88. The predicted molar refractivity (Wildman–Crippen MR) is 78.0 cm³/mol. The molecule has 2 rings (SSSR count). The predicted octanol–water partition coefficient (Wildman–Crippen LogP) is 3.85. The van der Waals surface area contributed by atoms with Crippen molar-refractivity contribution in [3.05, 3.63) is 53.0 Å². The number of benzene rings is 2. The maximum absolute atomic E-state index is 12.2. The first-order valence-electron chi connectivity index (χ1n) is 5.71. The molecule has 1 N–H and O–H groups in total. The molecule has 0 unspecified atom stereocenters. The van der Waals surface area contributed by atoms with Crippen molar-refractivity contribution in [2.75, 3.05) is 4.72 Å². The fourth-order valence-corrected chi connectivity index (χ4v) is 3.66. The van der Waals surface area contributed by atoms with Crippen LogP contribution in [0.1, 0.15) is 0 Å². The standard InChI is InChI=1S/C13H10BrF2NO3S/c14-11-6-1-2-7-12(11)21(18,19)17-9-4-3-5-10(8-9)20-13(15)16/h1-8,13,17H. The van der Waals surface area contributed by atoms with Crippen molar-refractivity contribution in [3.8, 4) is 5.75 Å². The summed E-state index contributed by atoms with van der Waals surface area (Å²) in [6.45, 7) is -2.97. The van der Waals surface area contributed by atoms with Gasteiger partial charge in [0, 0.05) is 10.5 Å². The Morgan fingerprint density at radius 1 is 1.10 bits per heavy atom. The zero-order valence-corrected chi connectivity index (χ0v) is 12.9. The molecule has 0 amide bonds. The lowest BCUT2D eigenvalue weighted by Crippen LogP contribution is -2.13. The first-order valence-corrected chi connectivity index (χ1v) is 7.98. The van der Waals surface area contributed by atoms with Crippen LogP contribution in [0.15, 0.2) is 57.9 Å². The summed E-state index contributed by atoms with van der Waals surface area (Å²) in [6, 6.07) is 11.6. The van der Waals surface area contributed by atoms with Crippen LogP contribution in [0.2, 0.25) is 0 Å². The van der Waals surface area contributed by atoms with Crippen molar-refractivity contribution in [1.29, 1.82) is 0 Å². The number of halogens is 3. The van der Waals surface area contributed by atoms with E-state index in [1.807, 2.05) is 0 Å². The topological polar surface area (TPSA) is 55.4 Å². The van der Waals surface area contributed by atoms with Crippen molar-refractivity contribution < 1.29 is 21.9 Å². The Labute approximate surface area is 128 Å². The quantitative estimate of drug-likeness (QED) is 0.860. The summed E-state index contributed by atoms with van der Waals surface area (Å²) in [5.74, 6) is -0.127. The van der Waals surface area contributed by atoms with Gasteiger partial charge in [-0.25, -0.2) is 8.42 Å². The van der Waals surface area contributed by atoms with E-state index >= 15 is 0 Å². The number of nitrogens with one attached hydrogen (secondary N) is 1. The number of hydrogen-bond acceptors (Lipinski definition) is 3. The van der Waals surface area contributed by atoms with Crippen molar-refractivity contribution >= 4 is 31.6 Å². The number of sulfonamides is 1. The molecule has 112 valence electrons. The molecule has 0 saturated heterocycles. The molecule has 2 aromatic carbocycles. The van der Waals surface area contributed by atoms with Crippen molar-refractivity contribution in [3.63, 3.8) is 0 Å². The van der Waals surface area contributed by atoms with Crippen LogP contribution in [-0.2, 0) is 10.0 Å². The molecule has 0 aliphatic carbocycles. The summed E-state index contributed by atoms with van der Waals surface area (Å²) in [6.07, 6.45) is 0. The van der Waals surface area contributed by atoms with Gasteiger partial charge < -0.3 is 4.74 Å². The molecule has 21 heavy (non-hydrogen) atoms. The average molecular weight is 378 g/mol. The molecule has 0 aliphatic rings. The highest BCUT2D eigenvalue weighted by atomic mass is 79.9. The average Bonchev–Trinajstić information content (AvgIpc) is 2.38. The number of ether oxygens (including phenoxy) is 1. The third-order valence-electron chi connectivity index (χ3n) is 2.44. The van der Waals surface area contributed by atoms with Crippen LogP contribution in [0.25, 0.3) is 0 Å². The van der Waals surface area contributed by atoms with Crippen molar-refractivity contribution in [2.24, 2.45) is 0 Å². The van der Waals surface area contributed by atoms with Crippen LogP contribution in [0.5, 0.6) is 5.75 Å². The Hall–Kier alpha value is -1.67. The third kappa shape index (κ3) is 4.15. The Morgan fingerprint density at radius 3 is 2.48 bits per heavy atom. The summed E-state index contributed by atoms with van der Waals surface area (Å²) in [5.41, 5.74) is 0.129. The molecule has 0 aromatic heterocycles. The molecule has 0 spiro atoms. The van der Waals surface area contributed by atoms with Gasteiger partial charge in [0.05, 0.1) is 5.69 Å². The van der Waals surface area contributed by atoms with Gasteiger partial charge in [-0.3, -0.25) is 4.72 Å². The molecular formula is C13H10BrF2NO3S. The van der Waals surface area contributed by atoms with E-state index in [1.54, 1.807) is 18.2 Å². The number of alkyl halides is 2. The van der Waals surface area contributed by atoms with E-state index in [-0.39, 0.29) is 16.3 Å². The lowest BCUT2D eigenvalue weighted by molar-refractivity contribution is -0.0497. The van der Waals surface area contributed by atoms with Crippen LogP contribution in [0, 0.1) is 0 Å². The molecular weight excluding hydrogens is 368 g/mol. The first kappa shape index (κ1) is 15.7. The van der Waals surface area contributed by atoms with E-state index in [0.29, 0.717) is 4.47 Å².